The maximum absolute atomic E-state index is 11.8. The Bertz CT molecular complexity index is 674. The minimum absolute atomic E-state index is 0.0968. The van der Waals surface area contributed by atoms with E-state index in [1.54, 1.807) is 26.0 Å². The van der Waals surface area contributed by atoms with Crippen molar-refractivity contribution in [1.82, 2.24) is 9.55 Å². The Morgan fingerprint density at radius 1 is 1.35 bits per heavy atom. The summed E-state index contributed by atoms with van der Waals surface area (Å²) >= 11 is 0. The van der Waals surface area contributed by atoms with E-state index >= 15 is 0 Å². The second-order valence-corrected chi connectivity index (χ2v) is 4.80. The lowest BCUT2D eigenvalue weighted by Gasteiger charge is -2.09. The van der Waals surface area contributed by atoms with Crippen LogP contribution in [0.4, 0.5) is 0 Å². The number of aromatic nitrogens is 2. The number of carbonyl (C=O) groups is 1. The second-order valence-electron chi connectivity index (χ2n) is 4.80. The Labute approximate surface area is 116 Å². The van der Waals surface area contributed by atoms with Gasteiger partial charge >= 0.3 is 5.97 Å². The number of carboxylic acid groups (broad SMARTS) is 1. The highest BCUT2D eigenvalue weighted by atomic mass is 16.4. The summed E-state index contributed by atoms with van der Waals surface area (Å²) in [5.41, 5.74) is 2.27. The second kappa shape index (κ2) is 5.69. The van der Waals surface area contributed by atoms with E-state index in [2.05, 4.69) is 4.98 Å². The van der Waals surface area contributed by atoms with Crippen LogP contribution in [0.15, 0.2) is 41.5 Å². The Hall–Kier alpha value is -2.43. The van der Waals surface area contributed by atoms with Gasteiger partial charge in [0.05, 0.1) is 18.8 Å². The molecule has 104 valence electrons. The van der Waals surface area contributed by atoms with E-state index < -0.39 is 11.9 Å². The Morgan fingerprint density at radius 3 is 2.55 bits per heavy atom. The quantitative estimate of drug-likeness (QED) is 0.921. The predicted molar refractivity (Wildman–Crippen MR) is 74.8 cm³/mol. The van der Waals surface area contributed by atoms with Crippen LogP contribution in [-0.4, -0.2) is 20.6 Å². The molecule has 0 bridgehead atoms. The fourth-order valence-corrected chi connectivity index (χ4v) is 1.89. The molecule has 0 aliphatic carbocycles. The van der Waals surface area contributed by atoms with Crippen molar-refractivity contribution in [3.05, 3.63) is 63.8 Å². The molecule has 5 heteroatoms. The zero-order chi connectivity index (χ0) is 14.7. The molecular formula is C15H16N2O3. The Kier molecular flexibility index (Phi) is 3.98. The van der Waals surface area contributed by atoms with Gasteiger partial charge in [0.1, 0.15) is 0 Å². The summed E-state index contributed by atoms with van der Waals surface area (Å²) in [5.74, 6) is -1.38. The van der Waals surface area contributed by atoms with Crippen LogP contribution in [0.1, 0.15) is 29.7 Å². The first-order valence-electron chi connectivity index (χ1n) is 6.32. The molecule has 1 atom stereocenters. The van der Waals surface area contributed by atoms with E-state index in [4.69, 9.17) is 5.11 Å². The summed E-state index contributed by atoms with van der Waals surface area (Å²) in [7, 11) is 0. The maximum atomic E-state index is 11.8. The number of benzene rings is 1. The third-order valence-corrected chi connectivity index (χ3v) is 3.22. The molecule has 0 aliphatic heterocycles. The van der Waals surface area contributed by atoms with Gasteiger partial charge in [0.2, 0.25) is 0 Å². The van der Waals surface area contributed by atoms with Gasteiger partial charge in [0.25, 0.3) is 5.56 Å². The average molecular weight is 272 g/mol. The van der Waals surface area contributed by atoms with Crippen LogP contribution in [-0.2, 0) is 11.3 Å². The number of rotatable bonds is 4. The standard InChI is InChI=1S/C15H16N2O3/c1-10-7-14(18)17(9-16-10)8-12-3-5-13(6-4-12)11(2)15(19)20/h3-7,9,11H,8H2,1-2H3,(H,19,20). The molecule has 0 amide bonds. The molecule has 0 saturated heterocycles. The first kappa shape index (κ1) is 14.0. The van der Waals surface area contributed by atoms with Crippen molar-refractivity contribution in [1.29, 1.82) is 0 Å². The highest BCUT2D eigenvalue weighted by Gasteiger charge is 2.12. The summed E-state index contributed by atoms with van der Waals surface area (Å²) in [5, 5.41) is 8.95. The molecule has 0 saturated carbocycles. The molecule has 0 aliphatic rings. The fourth-order valence-electron chi connectivity index (χ4n) is 1.89. The van der Waals surface area contributed by atoms with Crippen LogP contribution < -0.4 is 5.56 Å². The smallest absolute Gasteiger partial charge is 0.310 e. The predicted octanol–water partition coefficient (Wildman–Crippen LogP) is 1.79. The lowest BCUT2D eigenvalue weighted by Crippen LogP contribution is -2.20. The van der Waals surface area contributed by atoms with E-state index in [1.165, 1.54) is 17.0 Å². The number of aryl methyl sites for hydroxylation is 1. The van der Waals surface area contributed by atoms with Crippen LogP contribution >= 0.6 is 0 Å². The molecule has 0 spiro atoms. The van der Waals surface area contributed by atoms with Gasteiger partial charge in [-0.3, -0.25) is 14.2 Å². The monoisotopic (exact) mass is 272 g/mol. The van der Waals surface area contributed by atoms with Crippen molar-refractivity contribution in [3.63, 3.8) is 0 Å². The first-order valence-corrected chi connectivity index (χ1v) is 6.32. The van der Waals surface area contributed by atoms with Gasteiger partial charge in [-0.15, -0.1) is 0 Å². The van der Waals surface area contributed by atoms with Crippen LogP contribution in [0.5, 0.6) is 0 Å². The van der Waals surface area contributed by atoms with E-state index in [0.29, 0.717) is 12.2 Å². The van der Waals surface area contributed by atoms with Gasteiger partial charge in [-0.05, 0) is 25.0 Å². The summed E-state index contributed by atoms with van der Waals surface area (Å²) in [6, 6.07) is 8.71. The third kappa shape index (κ3) is 3.12. The molecular weight excluding hydrogens is 256 g/mol. The molecule has 0 radical (unpaired) electrons. The van der Waals surface area contributed by atoms with Crippen LogP contribution in [0.25, 0.3) is 0 Å². The maximum Gasteiger partial charge on any atom is 0.310 e. The van der Waals surface area contributed by atoms with Gasteiger partial charge in [-0.25, -0.2) is 4.98 Å². The number of hydrogen-bond donors (Lipinski definition) is 1. The van der Waals surface area contributed by atoms with Crippen molar-refractivity contribution in [2.75, 3.05) is 0 Å². The van der Waals surface area contributed by atoms with Crippen molar-refractivity contribution >= 4 is 5.97 Å². The molecule has 2 aromatic rings. The molecule has 20 heavy (non-hydrogen) atoms. The summed E-state index contributed by atoms with van der Waals surface area (Å²) < 4.78 is 1.52. The van der Waals surface area contributed by atoms with E-state index in [-0.39, 0.29) is 5.56 Å². The average Bonchev–Trinajstić information content (AvgIpc) is 2.42. The fraction of sp³-hybridized carbons (Fsp3) is 0.267. The lowest BCUT2D eigenvalue weighted by atomic mass is 10.00. The molecule has 5 nitrogen and oxygen atoms in total. The molecule has 1 N–H and O–H groups in total. The van der Waals surface area contributed by atoms with Crippen molar-refractivity contribution in [2.45, 2.75) is 26.3 Å². The molecule has 0 fully saturated rings. The minimum Gasteiger partial charge on any atom is -0.481 e. The molecule has 1 unspecified atom stereocenters. The normalized spacial score (nSPS) is 12.1. The Balaban J connectivity index is 2.19. The zero-order valence-electron chi connectivity index (χ0n) is 11.4. The SMILES string of the molecule is Cc1cc(=O)n(Cc2ccc(C(C)C(=O)O)cc2)cn1. The van der Waals surface area contributed by atoms with Gasteiger partial charge in [-0.1, -0.05) is 24.3 Å². The van der Waals surface area contributed by atoms with Crippen molar-refractivity contribution in [2.24, 2.45) is 0 Å². The van der Waals surface area contributed by atoms with E-state index in [1.807, 2.05) is 12.1 Å². The first-order chi connectivity index (χ1) is 9.47. The van der Waals surface area contributed by atoms with Crippen molar-refractivity contribution in [3.8, 4) is 0 Å². The van der Waals surface area contributed by atoms with Gasteiger partial charge in [-0.2, -0.15) is 0 Å². The topological polar surface area (TPSA) is 72.2 Å². The molecule has 1 heterocycles. The highest BCUT2D eigenvalue weighted by molar-refractivity contribution is 5.75. The Morgan fingerprint density at radius 2 is 2.00 bits per heavy atom. The number of carboxylic acids is 1. The largest absolute Gasteiger partial charge is 0.481 e. The number of hydrogen-bond acceptors (Lipinski definition) is 3. The zero-order valence-corrected chi connectivity index (χ0v) is 11.4. The van der Waals surface area contributed by atoms with E-state index in [9.17, 15) is 9.59 Å². The van der Waals surface area contributed by atoms with Gasteiger partial charge in [0, 0.05) is 11.8 Å². The number of aliphatic carboxylic acids is 1. The molecule has 2 rings (SSSR count). The van der Waals surface area contributed by atoms with Gasteiger partial charge in [0.15, 0.2) is 0 Å². The van der Waals surface area contributed by atoms with Crippen LogP contribution in [0.3, 0.4) is 0 Å². The third-order valence-electron chi connectivity index (χ3n) is 3.22. The minimum atomic E-state index is -0.850. The summed E-state index contributed by atoms with van der Waals surface area (Å²) in [6.07, 6.45) is 1.52. The highest BCUT2D eigenvalue weighted by Crippen LogP contribution is 2.16. The van der Waals surface area contributed by atoms with Crippen LogP contribution in [0.2, 0.25) is 0 Å². The molecule has 1 aromatic carbocycles. The van der Waals surface area contributed by atoms with Crippen LogP contribution in [0, 0.1) is 6.92 Å². The van der Waals surface area contributed by atoms with Crippen molar-refractivity contribution < 1.29 is 9.90 Å². The van der Waals surface area contributed by atoms with Gasteiger partial charge < -0.3 is 5.11 Å². The summed E-state index contributed by atoms with van der Waals surface area (Å²) in [6.45, 7) is 3.84. The van der Waals surface area contributed by atoms with E-state index in [0.717, 1.165) is 11.1 Å². The molecule has 1 aromatic heterocycles. The lowest BCUT2D eigenvalue weighted by molar-refractivity contribution is -0.138. The number of nitrogens with zero attached hydrogens (tertiary/aromatic N) is 2. The summed E-state index contributed by atoms with van der Waals surface area (Å²) in [4.78, 5) is 26.7.